The SMILES string of the molecule is NC1(COC(=O)NC2CCC2)CCCCCC1. The standard InChI is InChI=1S/C13H24N2O2/c14-13(8-3-1-2-4-9-13)10-17-12(16)15-11-6-5-7-11/h11H,1-10,14H2,(H,15,16). The van der Waals surface area contributed by atoms with E-state index in [1.54, 1.807) is 0 Å². The topological polar surface area (TPSA) is 64.3 Å². The summed E-state index contributed by atoms with van der Waals surface area (Å²) in [7, 11) is 0. The van der Waals surface area contributed by atoms with Crippen LogP contribution in [-0.4, -0.2) is 24.3 Å². The second-order valence-electron chi connectivity index (χ2n) is 5.62. The lowest BCUT2D eigenvalue weighted by Crippen LogP contribution is -2.47. The van der Waals surface area contributed by atoms with Crippen LogP contribution in [0.25, 0.3) is 0 Å². The van der Waals surface area contributed by atoms with Gasteiger partial charge in [0.05, 0.1) is 5.54 Å². The molecule has 0 heterocycles. The summed E-state index contributed by atoms with van der Waals surface area (Å²) in [6.45, 7) is 0.367. The Labute approximate surface area is 103 Å². The minimum atomic E-state index is -0.288. The van der Waals surface area contributed by atoms with E-state index in [2.05, 4.69) is 5.32 Å². The molecule has 0 bridgehead atoms. The first-order valence-electron chi connectivity index (χ1n) is 6.90. The Morgan fingerprint density at radius 2 is 1.82 bits per heavy atom. The highest BCUT2D eigenvalue weighted by molar-refractivity contribution is 5.67. The van der Waals surface area contributed by atoms with E-state index in [0.29, 0.717) is 12.6 Å². The Morgan fingerprint density at radius 3 is 2.35 bits per heavy atom. The summed E-state index contributed by atoms with van der Waals surface area (Å²) in [5, 5.41) is 2.87. The zero-order chi connectivity index (χ0) is 12.1. The van der Waals surface area contributed by atoms with Gasteiger partial charge in [0.2, 0.25) is 0 Å². The fourth-order valence-corrected chi connectivity index (χ4v) is 2.55. The zero-order valence-electron chi connectivity index (χ0n) is 10.5. The summed E-state index contributed by atoms with van der Waals surface area (Å²) >= 11 is 0. The number of amides is 1. The molecule has 0 aromatic carbocycles. The molecule has 17 heavy (non-hydrogen) atoms. The van der Waals surface area contributed by atoms with Gasteiger partial charge in [-0.1, -0.05) is 25.7 Å². The molecule has 3 N–H and O–H groups in total. The van der Waals surface area contributed by atoms with E-state index in [1.807, 2.05) is 0 Å². The zero-order valence-corrected chi connectivity index (χ0v) is 10.5. The van der Waals surface area contributed by atoms with Crippen molar-refractivity contribution in [2.75, 3.05) is 6.61 Å². The van der Waals surface area contributed by atoms with Gasteiger partial charge in [-0.05, 0) is 32.1 Å². The van der Waals surface area contributed by atoms with E-state index in [9.17, 15) is 4.79 Å². The van der Waals surface area contributed by atoms with E-state index in [4.69, 9.17) is 10.5 Å². The van der Waals surface area contributed by atoms with Crippen LogP contribution in [0.1, 0.15) is 57.8 Å². The van der Waals surface area contributed by atoms with Gasteiger partial charge in [0.1, 0.15) is 6.61 Å². The summed E-state index contributed by atoms with van der Waals surface area (Å²) in [4.78, 5) is 11.5. The normalized spacial score (nSPS) is 24.5. The molecule has 98 valence electrons. The van der Waals surface area contributed by atoms with Gasteiger partial charge < -0.3 is 15.8 Å². The fraction of sp³-hybridized carbons (Fsp3) is 0.923. The van der Waals surface area contributed by atoms with Gasteiger partial charge in [-0.2, -0.15) is 0 Å². The highest BCUT2D eigenvalue weighted by Gasteiger charge is 2.28. The Kier molecular flexibility index (Phi) is 4.26. The molecule has 2 saturated carbocycles. The third-order valence-corrected chi connectivity index (χ3v) is 4.02. The Hall–Kier alpha value is -0.770. The molecule has 0 atom stereocenters. The minimum absolute atomic E-state index is 0.284. The maximum absolute atomic E-state index is 11.5. The van der Waals surface area contributed by atoms with Gasteiger partial charge >= 0.3 is 6.09 Å². The van der Waals surface area contributed by atoms with E-state index >= 15 is 0 Å². The van der Waals surface area contributed by atoms with Crippen LogP contribution in [0.3, 0.4) is 0 Å². The predicted molar refractivity (Wildman–Crippen MR) is 66.7 cm³/mol. The summed E-state index contributed by atoms with van der Waals surface area (Å²) in [6.07, 6.45) is 9.88. The molecule has 2 aliphatic rings. The largest absolute Gasteiger partial charge is 0.448 e. The molecule has 0 aromatic heterocycles. The van der Waals surface area contributed by atoms with Crippen molar-refractivity contribution >= 4 is 6.09 Å². The van der Waals surface area contributed by atoms with E-state index in [1.165, 1.54) is 19.3 Å². The first-order valence-corrected chi connectivity index (χ1v) is 6.90. The number of nitrogens with one attached hydrogen (secondary N) is 1. The van der Waals surface area contributed by atoms with Gasteiger partial charge in [0.15, 0.2) is 0 Å². The van der Waals surface area contributed by atoms with Gasteiger partial charge in [0.25, 0.3) is 0 Å². The Balaban J connectivity index is 1.69. The third-order valence-electron chi connectivity index (χ3n) is 4.02. The minimum Gasteiger partial charge on any atom is -0.448 e. The van der Waals surface area contributed by atoms with Crippen molar-refractivity contribution in [3.8, 4) is 0 Å². The van der Waals surface area contributed by atoms with E-state index in [0.717, 1.165) is 38.5 Å². The van der Waals surface area contributed by atoms with Gasteiger partial charge in [-0.3, -0.25) is 0 Å². The van der Waals surface area contributed by atoms with Crippen LogP contribution in [0.2, 0.25) is 0 Å². The molecule has 0 aliphatic heterocycles. The first-order chi connectivity index (χ1) is 8.18. The lowest BCUT2D eigenvalue weighted by molar-refractivity contribution is 0.103. The quantitative estimate of drug-likeness (QED) is 0.744. The van der Waals surface area contributed by atoms with Gasteiger partial charge in [0, 0.05) is 6.04 Å². The van der Waals surface area contributed by atoms with E-state index in [-0.39, 0.29) is 11.6 Å². The number of alkyl carbamates (subject to hydrolysis) is 1. The third kappa shape index (κ3) is 3.87. The number of hydrogen-bond donors (Lipinski definition) is 2. The number of carbonyl (C=O) groups excluding carboxylic acids is 1. The molecule has 0 saturated heterocycles. The Morgan fingerprint density at radius 1 is 1.18 bits per heavy atom. The fourth-order valence-electron chi connectivity index (χ4n) is 2.55. The second-order valence-corrected chi connectivity index (χ2v) is 5.62. The maximum atomic E-state index is 11.5. The molecular formula is C13H24N2O2. The van der Waals surface area contributed by atoms with Crippen molar-refractivity contribution in [3.63, 3.8) is 0 Å². The van der Waals surface area contributed by atoms with Crippen LogP contribution >= 0.6 is 0 Å². The smallest absolute Gasteiger partial charge is 0.407 e. The predicted octanol–water partition coefficient (Wildman–Crippen LogP) is 2.32. The van der Waals surface area contributed by atoms with Crippen molar-refractivity contribution in [1.82, 2.24) is 5.32 Å². The molecule has 2 fully saturated rings. The monoisotopic (exact) mass is 240 g/mol. The van der Waals surface area contributed by atoms with Crippen LogP contribution in [-0.2, 0) is 4.74 Å². The van der Waals surface area contributed by atoms with Crippen molar-refractivity contribution < 1.29 is 9.53 Å². The van der Waals surface area contributed by atoms with Crippen molar-refractivity contribution in [2.24, 2.45) is 5.73 Å². The Bertz CT molecular complexity index is 256. The molecule has 4 nitrogen and oxygen atoms in total. The maximum Gasteiger partial charge on any atom is 0.407 e. The highest BCUT2D eigenvalue weighted by Crippen LogP contribution is 2.25. The van der Waals surface area contributed by atoms with Gasteiger partial charge in [-0.25, -0.2) is 4.79 Å². The van der Waals surface area contributed by atoms with Crippen LogP contribution in [0, 0.1) is 0 Å². The lowest BCUT2D eigenvalue weighted by Gasteiger charge is -2.29. The van der Waals surface area contributed by atoms with Crippen molar-refractivity contribution in [1.29, 1.82) is 0 Å². The van der Waals surface area contributed by atoms with Crippen LogP contribution in [0.4, 0.5) is 4.79 Å². The molecule has 0 unspecified atom stereocenters. The highest BCUT2D eigenvalue weighted by atomic mass is 16.5. The van der Waals surface area contributed by atoms with Crippen LogP contribution in [0.15, 0.2) is 0 Å². The summed E-state index contributed by atoms with van der Waals surface area (Å²) in [5.74, 6) is 0. The first kappa shape index (κ1) is 12.7. The molecular weight excluding hydrogens is 216 g/mol. The number of ether oxygens (including phenoxy) is 1. The average Bonchev–Trinajstić information content (AvgIpc) is 2.47. The number of nitrogens with two attached hydrogens (primary N) is 1. The van der Waals surface area contributed by atoms with Crippen molar-refractivity contribution in [2.45, 2.75) is 69.4 Å². The molecule has 0 radical (unpaired) electrons. The summed E-state index contributed by atoms with van der Waals surface area (Å²) in [6, 6.07) is 0.338. The number of carbonyl (C=O) groups is 1. The molecule has 4 heteroatoms. The molecule has 1 amide bonds. The molecule has 2 rings (SSSR count). The molecule has 0 aromatic rings. The molecule has 0 spiro atoms. The molecule has 2 aliphatic carbocycles. The number of hydrogen-bond acceptors (Lipinski definition) is 3. The van der Waals surface area contributed by atoms with Crippen LogP contribution < -0.4 is 11.1 Å². The summed E-state index contributed by atoms with van der Waals surface area (Å²) in [5.41, 5.74) is 6.00. The average molecular weight is 240 g/mol. The van der Waals surface area contributed by atoms with Crippen molar-refractivity contribution in [3.05, 3.63) is 0 Å². The lowest BCUT2D eigenvalue weighted by atomic mass is 9.92. The number of rotatable bonds is 3. The van der Waals surface area contributed by atoms with Crippen LogP contribution in [0.5, 0.6) is 0 Å². The summed E-state index contributed by atoms with van der Waals surface area (Å²) < 4.78 is 5.27. The van der Waals surface area contributed by atoms with E-state index < -0.39 is 0 Å². The second kappa shape index (κ2) is 5.71. The van der Waals surface area contributed by atoms with Gasteiger partial charge in [-0.15, -0.1) is 0 Å².